The van der Waals surface area contributed by atoms with Crippen molar-refractivity contribution in [1.82, 2.24) is 20.1 Å². The predicted octanol–water partition coefficient (Wildman–Crippen LogP) is 3.57. The van der Waals surface area contributed by atoms with E-state index < -0.39 is 0 Å². The Kier molecular flexibility index (Phi) is 7.37. The van der Waals surface area contributed by atoms with Crippen LogP contribution in [0, 0.1) is 0 Å². The summed E-state index contributed by atoms with van der Waals surface area (Å²) in [5.74, 6) is 2.41. The molecule has 0 unspecified atom stereocenters. The van der Waals surface area contributed by atoms with E-state index in [2.05, 4.69) is 25.9 Å². The molecule has 1 fully saturated rings. The van der Waals surface area contributed by atoms with Crippen molar-refractivity contribution in [2.24, 2.45) is 0 Å². The van der Waals surface area contributed by atoms with Gasteiger partial charge in [0.05, 0.1) is 20.3 Å². The van der Waals surface area contributed by atoms with Gasteiger partial charge in [-0.05, 0) is 30.3 Å². The maximum absolute atomic E-state index is 5.37. The van der Waals surface area contributed by atoms with Crippen LogP contribution >= 0.6 is 0 Å². The van der Waals surface area contributed by atoms with Crippen LogP contribution in [-0.2, 0) is 4.74 Å². The number of hydrogen-bond donors (Lipinski definition) is 2. The summed E-state index contributed by atoms with van der Waals surface area (Å²) in [5.41, 5.74) is 4.84. The first kappa shape index (κ1) is 20.6. The molecule has 1 aliphatic heterocycles. The van der Waals surface area contributed by atoms with E-state index in [0.717, 1.165) is 30.1 Å². The Hall–Kier alpha value is -3.17. The Morgan fingerprint density at radius 2 is 1.83 bits per heavy atom. The van der Waals surface area contributed by atoms with Gasteiger partial charge in [0.25, 0.3) is 0 Å². The third kappa shape index (κ3) is 5.66. The lowest BCUT2D eigenvalue weighted by Gasteiger charge is -2.26. The van der Waals surface area contributed by atoms with Gasteiger partial charge in [0.1, 0.15) is 17.3 Å². The number of benzene rings is 1. The third-order valence-electron chi connectivity index (χ3n) is 4.07. The number of nitrogens with one attached hydrogen (secondary N) is 2. The van der Waals surface area contributed by atoms with Crippen molar-refractivity contribution in [2.45, 2.75) is 13.8 Å². The first-order valence-corrected chi connectivity index (χ1v) is 9.61. The summed E-state index contributed by atoms with van der Waals surface area (Å²) in [4.78, 5) is 8.69. The molecular weight excluding hydrogens is 372 g/mol. The van der Waals surface area contributed by atoms with E-state index in [0.29, 0.717) is 30.9 Å². The zero-order chi connectivity index (χ0) is 20.5. The molecule has 154 valence electrons. The van der Waals surface area contributed by atoms with Crippen molar-refractivity contribution in [3.63, 3.8) is 0 Å². The van der Waals surface area contributed by atoms with Gasteiger partial charge in [-0.2, -0.15) is 4.98 Å². The van der Waals surface area contributed by atoms with Gasteiger partial charge in [-0.25, -0.2) is 9.99 Å². The summed E-state index contributed by atoms with van der Waals surface area (Å²) in [6, 6.07) is 11.2. The number of aromatic nitrogens is 3. The molecule has 9 nitrogen and oxygen atoms in total. The van der Waals surface area contributed by atoms with Crippen molar-refractivity contribution in [1.29, 1.82) is 0 Å². The van der Waals surface area contributed by atoms with Crippen LogP contribution in [0.4, 0.5) is 17.7 Å². The molecule has 0 saturated carbocycles. The number of ether oxygens (including phenoxy) is 2. The molecule has 2 N–H and O–H groups in total. The van der Waals surface area contributed by atoms with E-state index >= 15 is 0 Å². The molecular formula is C20H26N6O3. The number of methoxy groups -OCH3 is 1. The first-order valence-electron chi connectivity index (χ1n) is 9.61. The van der Waals surface area contributed by atoms with E-state index in [1.54, 1.807) is 19.4 Å². The van der Waals surface area contributed by atoms with Crippen molar-refractivity contribution in [3.05, 3.63) is 42.6 Å². The van der Waals surface area contributed by atoms with Crippen molar-refractivity contribution < 1.29 is 14.0 Å². The second-order valence-corrected chi connectivity index (χ2v) is 5.91. The van der Waals surface area contributed by atoms with E-state index in [4.69, 9.17) is 14.0 Å². The molecule has 0 aliphatic carbocycles. The molecule has 3 aromatic rings. The Bertz CT molecular complexity index is 878. The highest BCUT2D eigenvalue weighted by Crippen LogP contribution is 2.25. The maximum atomic E-state index is 5.37. The Morgan fingerprint density at radius 3 is 2.55 bits per heavy atom. The highest BCUT2D eigenvalue weighted by Gasteiger charge is 2.12. The lowest BCUT2D eigenvalue weighted by atomic mass is 10.1. The summed E-state index contributed by atoms with van der Waals surface area (Å²) in [6.07, 6.45) is 1.68. The molecule has 0 atom stereocenters. The van der Waals surface area contributed by atoms with Crippen LogP contribution < -0.4 is 15.5 Å². The largest absolute Gasteiger partial charge is 0.497 e. The van der Waals surface area contributed by atoms with E-state index in [9.17, 15) is 0 Å². The number of hydrazine groups is 1. The molecule has 0 radical (unpaired) electrons. The quantitative estimate of drug-likeness (QED) is 0.646. The number of hydrogen-bond acceptors (Lipinski definition) is 9. The lowest BCUT2D eigenvalue weighted by molar-refractivity contribution is 0.0492. The fourth-order valence-corrected chi connectivity index (χ4v) is 2.66. The normalized spacial score (nSPS) is 13.9. The van der Waals surface area contributed by atoms with Crippen LogP contribution in [0.2, 0.25) is 0 Å². The molecule has 3 heterocycles. The van der Waals surface area contributed by atoms with Gasteiger partial charge < -0.3 is 19.3 Å². The van der Waals surface area contributed by atoms with Crippen LogP contribution in [0.5, 0.6) is 5.75 Å². The average Bonchev–Trinajstić information content (AvgIpc) is 3.25. The molecule has 2 aromatic heterocycles. The third-order valence-corrected chi connectivity index (χ3v) is 4.07. The Balaban J connectivity index is 0.00000117. The van der Waals surface area contributed by atoms with Crippen LogP contribution in [0.3, 0.4) is 0 Å². The van der Waals surface area contributed by atoms with Gasteiger partial charge in [-0.3, -0.25) is 5.43 Å². The minimum atomic E-state index is 0.497. The van der Waals surface area contributed by atoms with Gasteiger partial charge in [0.2, 0.25) is 11.8 Å². The summed E-state index contributed by atoms with van der Waals surface area (Å²) in [7, 11) is 1.64. The summed E-state index contributed by atoms with van der Waals surface area (Å²) in [6.45, 7) is 6.96. The first-order chi connectivity index (χ1) is 14.3. The predicted molar refractivity (Wildman–Crippen MR) is 111 cm³/mol. The summed E-state index contributed by atoms with van der Waals surface area (Å²) in [5, 5.41) is 9.23. The summed E-state index contributed by atoms with van der Waals surface area (Å²) >= 11 is 0. The molecule has 0 spiro atoms. The fourth-order valence-electron chi connectivity index (χ4n) is 2.66. The molecule has 1 aliphatic rings. The average molecular weight is 398 g/mol. The van der Waals surface area contributed by atoms with Crippen molar-refractivity contribution in [2.75, 3.05) is 44.2 Å². The van der Waals surface area contributed by atoms with Crippen LogP contribution in [0.1, 0.15) is 13.8 Å². The number of morpholine rings is 1. The molecule has 0 bridgehead atoms. The highest BCUT2D eigenvalue weighted by molar-refractivity contribution is 5.64. The SMILES string of the molecule is CC.COc1ccc(-c2cc(Nc3ccnc(NN4CCOCC4)n3)on2)cc1. The number of nitrogens with zero attached hydrogens (tertiary/aromatic N) is 4. The lowest BCUT2D eigenvalue weighted by Crippen LogP contribution is -2.40. The molecule has 0 amide bonds. The van der Waals surface area contributed by atoms with Gasteiger partial charge >= 0.3 is 0 Å². The second kappa shape index (κ2) is 10.4. The van der Waals surface area contributed by atoms with E-state index in [1.807, 2.05) is 49.2 Å². The maximum Gasteiger partial charge on any atom is 0.239 e. The number of anilines is 3. The summed E-state index contributed by atoms with van der Waals surface area (Å²) < 4.78 is 15.9. The van der Waals surface area contributed by atoms with Crippen molar-refractivity contribution in [3.8, 4) is 17.0 Å². The Morgan fingerprint density at radius 1 is 1.07 bits per heavy atom. The second-order valence-electron chi connectivity index (χ2n) is 5.91. The van der Waals surface area contributed by atoms with Gasteiger partial charge in [-0.1, -0.05) is 19.0 Å². The minimum Gasteiger partial charge on any atom is -0.497 e. The van der Waals surface area contributed by atoms with E-state index in [-0.39, 0.29) is 0 Å². The standard InChI is InChI=1S/C18H20N6O3.C2H6/c1-25-14-4-2-13(3-5-14)15-12-17(27-23-15)20-16-6-7-19-18(21-16)22-24-8-10-26-11-9-24;1-2/h2-7,12H,8-11H2,1H3,(H2,19,20,21,22);1-2H3. The Labute approximate surface area is 170 Å². The highest BCUT2D eigenvalue weighted by atomic mass is 16.5. The van der Waals surface area contributed by atoms with Crippen LogP contribution in [0.25, 0.3) is 11.3 Å². The minimum absolute atomic E-state index is 0.497. The van der Waals surface area contributed by atoms with Gasteiger partial charge in [-0.15, -0.1) is 0 Å². The van der Waals surface area contributed by atoms with E-state index in [1.165, 1.54) is 0 Å². The molecule has 9 heteroatoms. The zero-order valence-electron chi connectivity index (χ0n) is 16.9. The van der Waals surface area contributed by atoms with Crippen LogP contribution in [0.15, 0.2) is 47.1 Å². The molecule has 4 rings (SSSR count). The molecule has 1 saturated heterocycles. The van der Waals surface area contributed by atoms with Crippen LogP contribution in [-0.4, -0.2) is 53.5 Å². The van der Waals surface area contributed by atoms with Gasteiger partial charge in [0, 0.05) is 30.9 Å². The fraction of sp³-hybridized carbons (Fsp3) is 0.350. The zero-order valence-corrected chi connectivity index (χ0v) is 16.9. The molecule has 1 aromatic carbocycles. The van der Waals surface area contributed by atoms with Crippen molar-refractivity contribution >= 4 is 17.7 Å². The topological polar surface area (TPSA) is 97.6 Å². The van der Waals surface area contributed by atoms with Gasteiger partial charge in [0.15, 0.2) is 0 Å². The smallest absolute Gasteiger partial charge is 0.239 e. The molecule has 29 heavy (non-hydrogen) atoms. The number of rotatable bonds is 6. The monoisotopic (exact) mass is 398 g/mol.